The summed E-state index contributed by atoms with van der Waals surface area (Å²) in [5.74, 6) is 0.783. The van der Waals surface area contributed by atoms with Crippen molar-refractivity contribution in [3.63, 3.8) is 0 Å². The summed E-state index contributed by atoms with van der Waals surface area (Å²) in [6, 6.07) is 0. The van der Waals surface area contributed by atoms with Gasteiger partial charge < -0.3 is 10.2 Å². The second-order valence-corrected chi connectivity index (χ2v) is 4.78. The first-order chi connectivity index (χ1) is 8.25. The van der Waals surface area contributed by atoms with Gasteiger partial charge in [-0.15, -0.1) is 0 Å². The lowest BCUT2D eigenvalue weighted by molar-refractivity contribution is -0.121. The number of carbonyl (C=O) groups is 2. The van der Waals surface area contributed by atoms with Gasteiger partial charge in [-0.1, -0.05) is 11.8 Å². The highest BCUT2D eigenvalue weighted by Gasteiger charge is 2.21. The monoisotopic (exact) mass is 254 g/mol. The quantitative estimate of drug-likeness (QED) is 0.806. The molecule has 0 aromatic carbocycles. The first kappa shape index (κ1) is 12.0. The van der Waals surface area contributed by atoms with Gasteiger partial charge in [-0.25, -0.2) is 0 Å². The van der Waals surface area contributed by atoms with E-state index in [1.165, 1.54) is 11.8 Å². The number of aromatic nitrogens is 2. The third-order valence-corrected chi connectivity index (χ3v) is 3.39. The van der Waals surface area contributed by atoms with Crippen molar-refractivity contribution in [2.75, 3.05) is 18.8 Å². The molecule has 2 heterocycles. The molecule has 92 valence electrons. The number of amides is 2. The Bertz CT molecular complexity index is 393. The molecule has 0 unspecified atom stereocenters. The molecule has 0 spiro atoms. The zero-order chi connectivity index (χ0) is 12.1. The molecule has 1 aromatic rings. The van der Waals surface area contributed by atoms with E-state index in [1.54, 1.807) is 17.3 Å². The molecule has 1 aliphatic rings. The summed E-state index contributed by atoms with van der Waals surface area (Å²) >= 11 is 1.31. The molecule has 1 fully saturated rings. The summed E-state index contributed by atoms with van der Waals surface area (Å²) in [7, 11) is 0. The largest absolute Gasteiger partial charge is 0.352 e. The van der Waals surface area contributed by atoms with Crippen LogP contribution in [0.25, 0.3) is 0 Å². The molecule has 6 nitrogen and oxygen atoms in total. The number of nitrogens with zero attached hydrogens (tertiary/aromatic N) is 2. The Morgan fingerprint density at radius 2 is 2.53 bits per heavy atom. The van der Waals surface area contributed by atoms with Crippen LogP contribution in [0, 0.1) is 0 Å². The Hall–Kier alpha value is -1.50. The van der Waals surface area contributed by atoms with Gasteiger partial charge in [-0.3, -0.25) is 14.7 Å². The van der Waals surface area contributed by atoms with Crippen molar-refractivity contribution in [2.45, 2.75) is 13.0 Å². The maximum Gasteiger partial charge on any atom is 0.281 e. The van der Waals surface area contributed by atoms with Gasteiger partial charge in [0.15, 0.2) is 0 Å². The fraction of sp³-hybridized carbons (Fsp3) is 0.500. The van der Waals surface area contributed by atoms with Gasteiger partial charge in [0, 0.05) is 43.6 Å². The molecule has 0 bridgehead atoms. The molecule has 7 heteroatoms. The molecule has 17 heavy (non-hydrogen) atoms. The molecule has 2 rings (SSSR count). The van der Waals surface area contributed by atoms with Gasteiger partial charge in [-0.05, 0) is 0 Å². The second kappa shape index (κ2) is 5.72. The van der Waals surface area contributed by atoms with Crippen molar-refractivity contribution in [2.24, 2.45) is 0 Å². The minimum atomic E-state index is -0.0455. The third kappa shape index (κ3) is 3.48. The molecule has 1 saturated heterocycles. The van der Waals surface area contributed by atoms with Crippen molar-refractivity contribution in [1.82, 2.24) is 20.4 Å². The van der Waals surface area contributed by atoms with E-state index in [9.17, 15) is 9.59 Å². The van der Waals surface area contributed by atoms with Gasteiger partial charge in [0.25, 0.3) is 5.24 Å². The smallest absolute Gasteiger partial charge is 0.281 e. The van der Waals surface area contributed by atoms with Crippen LogP contribution in [0.2, 0.25) is 0 Å². The molecule has 0 atom stereocenters. The van der Waals surface area contributed by atoms with E-state index in [0.717, 1.165) is 17.9 Å². The number of rotatable bonds is 5. The molecular formula is C10H14N4O2S. The third-order valence-electron chi connectivity index (χ3n) is 2.50. The Morgan fingerprint density at radius 1 is 1.65 bits per heavy atom. The van der Waals surface area contributed by atoms with Crippen LogP contribution in [-0.4, -0.2) is 45.1 Å². The lowest BCUT2D eigenvalue weighted by Gasteiger charge is -2.13. The summed E-state index contributed by atoms with van der Waals surface area (Å²) in [6.07, 6.45) is 3.76. The Balaban J connectivity index is 1.65. The SMILES string of the molecule is O=C(CCN1CCSC1=O)NCc1cn[nH]c1. The molecule has 0 radical (unpaired) electrons. The lowest BCUT2D eigenvalue weighted by Crippen LogP contribution is -2.30. The second-order valence-electron chi connectivity index (χ2n) is 3.73. The molecular weight excluding hydrogens is 240 g/mol. The highest BCUT2D eigenvalue weighted by atomic mass is 32.2. The van der Waals surface area contributed by atoms with Crippen LogP contribution in [0.3, 0.4) is 0 Å². The summed E-state index contributed by atoms with van der Waals surface area (Å²) in [5.41, 5.74) is 0.936. The van der Waals surface area contributed by atoms with E-state index in [-0.39, 0.29) is 11.1 Å². The van der Waals surface area contributed by atoms with Gasteiger partial charge >= 0.3 is 0 Å². The van der Waals surface area contributed by atoms with E-state index in [4.69, 9.17) is 0 Å². The highest BCUT2D eigenvalue weighted by molar-refractivity contribution is 8.13. The van der Waals surface area contributed by atoms with Crippen LogP contribution in [-0.2, 0) is 11.3 Å². The standard InChI is InChI=1S/C10H14N4O2S/c15-9(11-5-8-6-12-13-7-8)1-2-14-3-4-17-10(14)16/h6-7H,1-5H2,(H,11,15)(H,12,13). The zero-order valence-corrected chi connectivity index (χ0v) is 10.1. The Labute approximate surface area is 103 Å². The predicted octanol–water partition coefficient (Wildman–Crippen LogP) is 0.585. The topological polar surface area (TPSA) is 78.1 Å². The van der Waals surface area contributed by atoms with Crippen LogP contribution in [0.1, 0.15) is 12.0 Å². The van der Waals surface area contributed by atoms with Gasteiger partial charge in [0.05, 0.1) is 6.20 Å². The van der Waals surface area contributed by atoms with Crippen LogP contribution in [0.15, 0.2) is 12.4 Å². The fourth-order valence-corrected chi connectivity index (χ4v) is 2.38. The number of hydrogen-bond acceptors (Lipinski definition) is 4. The summed E-state index contributed by atoms with van der Waals surface area (Å²) in [6.45, 7) is 1.72. The van der Waals surface area contributed by atoms with Gasteiger partial charge in [-0.2, -0.15) is 5.10 Å². The zero-order valence-electron chi connectivity index (χ0n) is 9.31. The summed E-state index contributed by atoms with van der Waals surface area (Å²) in [5, 5.41) is 9.32. The number of hydrogen-bond donors (Lipinski definition) is 2. The van der Waals surface area contributed by atoms with Crippen molar-refractivity contribution in [3.05, 3.63) is 18.0 Å². The number of H-pyrrole nitrogens is 1. The van der Waals surface area contributed by atoms with Crippen molar-refractivity contribution in [3.8, 4) is 0 Å². The first-order valence-electron chi connectivity index (χ1n) is 5.42. The number of nitrogens with one attached hydrogen (secondary N) is 2. The van der Waals surface area contributed by atoms with E-state index in [2.05, 4.69) is 15.5 Å². The molecule has 1 aliphatic heterocycles. The molecule has 1 aromatic heterocycles. The fourth-order valence-electron chi connectivity index (χ4n) is 1.53. The number of aromatic amines is 1. The van der Waals surface area contributed by atoms with Crippen LogP contribution >= 0.6 is 11.8 Å². The number of carbonyl (C=O) groups excluding carboxylic acids is 2. The maximum atomic E-state index is 11.5. The highest BCUT2D eigenvalue weighted by Crippen LogP contribution is 2.16. The molecule has 2 N–H and O–H groups in total. The van der Waals surface area contributed by atoms with Crippen molar-refractivity contribution in [1.29, 1.82) is 0 Å². The number of thioether (sulfide) groups is 1. The van der Waals surface area contributed by atoms with E-state index >= 15 is 0 Å². The average Bonchev–Trinajstić information content (AvgIpc) is 2.95. The minimum Gasteiger partial charge on any atom is -0.352 e. The predicted molar refractivity (Wildman–Crippen MR) is 64.5 cm³/mol. The van der Waals surface area contributed by atoms with E-state index in [1.807, 2.05) is 0 Å². The average molecular weight is 254 g/mol. The van der Waals surface area contributed by atoms with Crippen molar-refractivity contribution >= 4 is 22.9 Å². The van der Waals surface area contributed by atoms with Gasteiger partial charge in [0.1, 0.15) is 0 Å². The van der Waals surface area contributed by atoms with Crippen LogP contribution in [0.5, 0.6) is 0 Å². The van der Waals surface area contributed by atoms with Gasteiger partial charge in [0.2, 0.25) is 5.91 Å². The van der Waals surface area contributed by atoms with Crippen LogP contribution in [0.4, 0.5) is 4.79 Å². The maximum absolute atomic E-state index is 11.5. The summed E-state index contributed by atoms with van der Waals surface area (Å²) in [4.78, 5) is 24.5. The lowest BCUT2D eigenvalue weighted by atomic mass is 10.3. The van der Waals surface area contributed by atoms with E-state index in [0.29, 0.717) is 19.5 Å². The molecule has 0 saturated carbocycles. The molecule has 0 aliphatic carbocycles. The summed E-state index contributed by atoms with van der Waals surface area (Å²) < 4.78 is 0. The van der Waals surface area contributed by atoms with Crippen LogP contribution < -0.4 is 5.32 Å². The molecule has 2 amide bonds. The normalized spacial score (nSPS) is 15.3. The first-order valence-corrected chi connectivity index (χ1v) is 6.40. The Kier molecular flexibility index (Phi) is 4.03. The van der Waals surface area contributed by atoms with E-state index < -0.39 is 0 Å². The minimum absolute atomic E-state index is 0.0455. The van der Waals surface area contributed by atoms with Crippen molar-refractivity contribution < 1.29 is 9.59 Å². The Morgan fingerprint density at radius 3 is 3.18 bits per heavy atom.